The summed E-state index contributed by atoms with van der Waals surface area (Å²) >= 11 is 0. The summed E-state index contributed by atoms with van der Waals surface area (Å²) in [7, 11) is 0. The molecule has 6 aromatic rings. The Kier molecular flexibility index (Phi) is 7.23. The molecule has 0 aliphatic heterocycles. The minimum absolute atomic E-state index is 0.108. The van der Waals surface area contributed by atoms with Crippen LogP contribution in [0, 0.1) is 0 Å². The van der Waals surface area contributed by atoms with Gasteiger partial charge in [-0.3, -0.25) is 4.79 Å². The minimum Gasteiger partial charge on any atom is -0.507 e. The molecule has 7 nitrogen and oxygen atoms in total. The quantitative estimate of drug-likeness (QED) is 0.166. The molecule has 200 valence electrons. The Morgan fingerprint density at radius 2 is 1.51 bits per heavy atom. The summed E-state index contributed by atoms with van der Waals surface area (Å²) in [5, 5.41) is 21.1. The molecule has 7 heteroatoms. The van der Waals surface area contributed by atoms with Gasteiger partial charge in [-0.2, -0.15) is 10.2 Å². The van der Waals surface area contributed by atoms with Gasteiger partial charge in [-0.15, -0.1) is 0 Å². The number of amides is 1. The molecule has 1 amide bonds. The van der Waals surface area contributed by atoms with Crippen molar-refractivity contribution < 1.29 is 14.6 Å². The van der Waals surface area contributed by atoms with Crippen molar-refractivity contribution in [2.24, 2.45) is 5.10 Å². The third-order valence-corrected chi connectivity index (χ3v) is 6.62. The lowest BCUT2D eigenvalue weighted by molar-refractivity contribution is 0.0952. The second kappa shape index (κ2) is 11.6. The monoisotopic (exact) mass is 538 g/mol. The topological polar surface area (TPSA) is 88.7 Å². The number of rotatable bonds is 8. The SMILES string of the molecule is O=C(NN=Cc1cn(-c2ccccc2)nc1-c1ccc(OCc2ccccc2)cc1)c1cc2ccccc2cc1O. The molecule has 0 aliphatic carbocycles. The van der Waals surface area contributed by atoms with E-state index < -0.39 is 5.91 Å². The van der Waals surface area contributed by atoms with E-state index in [2.05, 4.69) is 10.5 Å². The predicted octanol–water partition coefficient (Wildman–Crippen LogP) is 6.74. The first-order chi connectivity index (χ1) is 20.1. The average Bonchev–Trinajstić information content (AvgIpc) is 3.45. The van der Waals surface area contributed by atoms with Crippen LogP contribution in [-0.2, 0) is 6.61 Å². The fourth-order valence-corrected chi connectivity index (χ4v) is 4.50. The van der Waals surface area contributed by atoms with Gasteiger partial charge in [0.15, 0.2) is 0 Å². The van der Waals surface area contributed by atoms with E-state index in [4.69, 9.17) is 9.84 Å². The highest BCUT2D eigenvalue weighted by atomic mass is 16.5. The van der Waals surface area contributed by atoms with Crippen LogP contribution in [0.4, 0.5) is 0 Å². The summed E-state index contributed by atoms with van der Waals surface area (Å²) in [6.07, 6.45) is 3.41. The van der Waals surface area contributed by atoms with Gasteiger partial charge in [0.05, 0.1) is 17.5 Å². The van der Waals surface area contributed by atoms with Crippen molar-refractivity contribution in [3.05, 3.63) is 144 Å². The summed E-state index contributed by atoms with van der Waals surface area (Å²) < 4.78 is 7.71. The molecule has 0 unspecified atom stereocenters. The highest BCUT2D eigenvalue weighted by molar-refractivity contribution is 6.02. The number of aromatic nitrogens is 2. The second-order valence-corrected chi connectivity index (χ2v) is 9.43. The lowest BCUT2D eigenvalue weighted by Gasteiger charge is -2.07. The number of ether oxygens (including phenoxy) is 1. The minimum atomic E-state index is -0.513. The number of carbonyl (C=O) groups is 1. The zero-order valence-corrected chi connectivity index (χ0v) is 22.0. The van der Waals surface area contributed by atoms with Crippen molar-refractivity contribution in [1.29, 1.82) is 0 Å². The van der Waals surface area contributed by atoms with Crippen LogP contribution in [0.15, 0.2) is 133 Å². The maximum absolute atomic E-state index is 12.9. The van der Waals surface area contributed by atoms with Crippen LogP contribution in [0.2, 0.25) is 0 Å². The van der Waals surface area contributed by atoms with E-state index in [1.807, 2.05) is 115 Å². The van der Waals surface area contributed by atoms with Gasteiger partial charge in [0.2, 0.25) is 0 Å². The largest absolute Gasteiger partial charge is 0.507 e. The van der Waals surface area contributed by atoms with Gasteiger partial charge in [0.1, 0.15) is 23.8 Å². The first-order valence-corrected chi connectivity index (χ1v) is 13.1. The highest BCUT2D eigenvalue weighted by Gasteiger charge is 2.14. The van der Waals surface area contributed by atoms with Crippen LogP contribution in [0.5, 0.6) is 11.5 Å². The van der Waals surface area contributed by atoms with Crippen LogP contribution in [0.1, 0.15) is 21.5 Å². The molecule has 2 N–H and O–H groups in total. The molecule has 0 radical (unpaired) electrons. The van der Waals surface area contributed by atoms with Crippen molar-refractivity contribution in [3.8, 4) is 28.4 Å². The number of aromatic hydroxyl groups is 1. The fraction of sp³-hybridized carbons (Fsp3) is 0.0294. The van der Waals surface area contributed by atoms with Crippen molar-refractivity contribution in [2.45, 2.75) is 6.61 Å². The highest BCUT2D eigenvalue weighted by Crippen LogP contribution is 2.27. The van der Waals surface area contributed by atoms with E-state index in [0.717, 1.165) is 33.3 Å². The second-order valence-electron chi connectivity index (χ2n) is 9.43. The number of fused-ring (bicyclic) bond motifs is 1. The fourth-order valence-electron chi connectivity index (χ4n) is 4.50. The molecule has 0 saturated heterocycles. The molecule has 1 heterocycles. The lowest BCUT2D eigenvalue weighted by atomic mass is 10.1. The molecular weight excluding hydrogens is 512 g/mol. The Labute approximate surface area is 237 Å². The summed E-state index contributed by atoms with van der Waals surface area (Å²) in [5.41, 5.74) is 6.93. The number of hydrogen-bond acceptors (Lipinski definition) is 5. The number of carbonyl (C=O) groups excluding carboxylic acids is 1. The van der Waals surface area contributed by atoms with Crippen LogP contribution in [-0.4, -0.2) is 27.0 Å². The summed E-state index contributed by atoms with van der Waals surface area (Å²) in [4.78, 5) is 12.9. The van der Waals surface area contributed by atoms with Crippen LogP contribution >= 0.6 is 0 Å². The van der Waals surface area contributed by atoms with Crippen molar-refractivity contribution in [1.82, 2.24) is 15.2 Å². The van der Waals surface area contributed by atoms with Gasteiger partial charge in [-0.05, 0) is 64.9 Å². The van der Waals surface area contributed by atoms with E-state index in [9.17, 15) is 9.90 Å². The Balaban J connectivity index is 1.24. The number of nitrogens with one attached hydrogen (secondary N) is 1. The van der Waals surface area contributed by atoms with Crippen LogP contribution in [0.25, 0.3) is 27.7 Å². The third kappa shape index (κ3) is 5.84. The third-order valence-electron chi connectivity index (χ3n) is 6.62. The zero-order valence-electron chi connectivity index (χ0n) is 22.0. The first-order valence-electron chi connectivity index (χ1n) is 13.1. The van der Waals surface area contributed by atoms with E-state index >= 15 is 0 Å². The molecule has 0 aliphatic rings. The van der Waals surface area contributed by atoms with Crippen molar-refractivity contribution in [3.63, 3.8) is 0 Å². The summed E-state index contributed by atoms with van der Waals surface area (Å²) in [6.45, 7) is 0.479. The lowest BCUT2D eigenvalue weighted by Crippen LogP contribution is -2.17. The number of phenolic OH excluding ortho intramolecular Hbond substituents is 1. The van der Waals surface area contributed by atoms with E-state index in [0.29, 0.717) is 17.9 Å². The Morgan fingerprint density at radius 3 is 2.24 bits per heavy atom. The molecule has 0 atom stereocenters. The molecule has 0 fully saturated rings. The van der Waals surface area contributed by atoms with E-state index in [-0.39, 0.29) is 11.3 Å². The number of benzene rings is 5. The Hall–Kier alpha value is -5.69. The molecule has 0 spiro atoms. The van der Waals surface area contributed by atoms with Crippen molar-refractivity contribution >= 4 is 22.9 Å². The molecule has 0 bridgehead atoms. The maximum atomic E-state index is 12.9. The predicted molar refractivity (Wildman–Crippen MR) is 160 cm³/mol. The zero-order chi connectivity index (χ0) is 28.0. The number of para-hydroxylation sites is 1. The number of hydrogen-bond donors (Lipinski definition) is 2. The van der Waals surface area contributed by atoms with E-state index in [1.54, 1.807) is 23.0 Å². The van der Waals surface area contributed by atoms with E-state index in [1.165, 1.54) is 0 Å². The summed E-state index contributed by atoms with van der Waals surface area (Å²) in [5.74, 6) is 0.128. The van der Waals surface area contributed by atoms with Gasteiger partial charge in [-0.1, -0.05) is 72.8 Å². The van der Waals surface area contributed by atoms with Gasteiger partial charge in [0.25, 0.3) is 5.91 Å². The molecule has 5 aromatic carbocycles. The maximum Gasteiger partial charge on any atom is 0.275 e. The standard InChI is InChI=1S/C34H26N4O3/c39-32-20-27-12-8-7-11-26(27)19-31(32)34(40)36-35-21-28-22-38(29-13-5-2-6-14-29)37-33(28)25-15-17-30(18-16-25)41-23-24-9-3-1-4-10-24/h1-22,39H,23H2,(H,36,40). The smallest absolute Gasteiger partial charge is 0.275 e. The van der Waals surface area contributed by atoms with Crippen LogP contribution in [0.3, 0.4) is 0 Å². The summed E-state index contributed by atoms with van der Waals surface area (Å²) in [6, 6.07) is 38.2. The number of nitrogens with zero attached hydrogens (tertiary/aromatic N) is 3. The Morgan fingerprint density at radius 1 is 0.854 bits per heavy atom. The molecular formula is C34H26N4O3. The van der Waals surface area contributed by atoms with Crippen LogP contribution < -0.4 is 10.2 Å². The first kappa shape index (κ1) is 25.6. The molecule has 0 saturated carbocycles. The molecule has 41 heavy (non-hydrogen) atoms. The molecule has 6 rings (SSSR count). The number of phenols is 1. The van der Waals surface area contributed by atoms with Crippen molar-refractivity contribution in [2.75, 3.05) is 0 Å². The average molecular weight is 539 g/mol. The number of hydrazone groups is 1. The molecule has 1 aromatic heterocycles. The Bertz CT molecular complexity index is 1830. The van der Waals surface area contributed by atoms with Gasteiger partial charge < -0.3 is 9.84 Å². The van der Waals surface area contributed by atoms with Gasteiger partial charge in [0, 0.05) is 17.3 Å². The normalized spacial score (nSPS) is 11.1. The van der Waals surface area contributed by atoms with Gasteiger partial charge >= 0.3 is 0 Å². The van der Waals surface area contributed by atoms with Gasteiger partial charge in [-0.25, -0.2) is 10.1 Å².